The van der Waals surface area contributed by atoms with Crippen molar-refractivity contribution in [3.05, 3.63) is 64.7 Å². The van der Waals surface area contributed by atoms with Crippen molar-refractivity contribution in [2.24, 2.45) is 0 Å². The van der Waals surface area contributed by atoms with E-state index in [0.717, 1.165) is 24.0 Å². The summed E-state index contributed by atoms with van der Waals surface area (Å²) in [6.07, 6.45) is -2.61. The van der Waals surface area contributed by atoms with Gasteiger partial charge < -0.3 is 5.32 Å². The maximum atomic E-state index is 13.1. The normalized spacial score (nSPS) is 13.0. The first-order chi connectivity index (χ1) is 13.9. The summed E-state index contributed by atoms with van der Waals surface area (Å²) < 4.78 is 64.3. The summed E-state index contributed by atoms with van der Waals surface area (Å²) in [5.74, 6) is -0.621. The van der Waals surface area contributed by atoms with Gasteiger partial charge in [-0.15, -0.1) is 0 Å². The summed E-state index contributed by atoms with van der Waals surface area (Å²) in [5, 5.41) is 2.13. The van der Waals surface area contributed by atoms with E-state index in [-0.39, 0.29) is 11.7 Å². The predicted octanol–water partition coefficient (Wildman–Crippen LogP) is 4.26. The second kappa shape index (κ2) is 9.70. The number of benzene rings is 2. The highest BCUT2D eigenvalue weighted by atomic mass is 35.5. The molecule has 10 heteroatoms. The molecule has 1 N–H and O–H groups in total. The summed E-state index contributed by atoms with van der Waals surface area (Å²) in [4.78, 5) is 12.4. The molecule has 0 aromatic heterocycles. The number of hydrogen-bond donors (Lipinski definition) is 1. The van der Waals surface area contributed by atoms with Crippen LogP contribution in [0.3, 0.4) is 0 Å². The van der Waals surface area contributed by atoms with Gasteiger partial charge in [0.05, 0.1) is 22.5 Å². The Kier molecular flexibility index (Phi) is 7.76. The molecule has 0 bridgehead atoms. The molecule has 1 amide bonds. The third-order valence-corrected chi connectivity index (χ3v) is 5.82. The Morgan fingerprint density at radius 1 is 1.17 bits per heavy atom. The van der Waals surface area contributed by atoms with E-state index in [1.54, 1.807) is 6.92 Å². The molecule has 0 fully saturated rings. The van der Waals surface area contributed by atoms with Crippen molar-refractivity contribution in [2.45, 2.75) is 32.0 Å². The smallest absolute Gasteiger partial charge is 0.352 e. The van der Waals surface area contributed by atoms with Crippen molar-refractivity contribution in [3.8, 4) is 0 Å². The number of anilines is 1. The Bertz CT molecular complexity index is 983. The number of amides is 1. The first kappa shape index (κ1) is 24.0. The van der Waals surface area contributed by atoms with Crippen molar-refractivity contribution in [1.82, 2.24) is 5.32 Å². The minimum Gasteiger partial charge on any atom is -0.352 e. The van der Waals surface area contributed by atoms with Gasteiger partial charge in [0.2, 0.25) is 15.9 Å². The monoisotopic (exact) mass is 462 g/mol. The lowest BCUT2D eigenvalue weighted by atomic mass is 10.1. The fourth-order valence-corrected chi connectivity index (χ4v) is 3.91. The Morgan fingerprint density at radius 2 is 1.80 bits per heavy atom. The highest BCUT2D eigenvalue weighted by Crippen LogP contribution is 2.37. The van der Waals surface area contributed by atoms with Gasteiger partial charge in [-0.05, 0) is 43.5 Å². The van der Waals surface area contributed by atoms with Crippen molar-refractivity contribution < 1.29 is 26.4 Å². The zero-order valence-corrected chi connectivity index (χ0v) is 18.0. The van der Waals surface area contributed by atoms with E-state index in [0.29, 0.717) is 23.2 Å². The molecule has 2 rings (SSSR count). The van der Waals surface area contributed by atoms with Crippen LogP contribution in [0, 0.1) is 0 Å². The van der Waals surface area contributed by atoms with Gasteiger partial charge in [0, 0.05) is 6.04 Å². The number of hydrogen-bond acceptors (Lipinski definition) is 3. The van der Waals surface area contributed by atoms with Crippen molar-refractivity contribution in [1.29, 1.82) is 0 Å². The van der Waals surface area contributed by atoms with E-state index in [1.165, 1.54) is 0 Å². The van der Waals surface area contributed by atoms with Gasteiger partial charge in [-0.2, -0.15) is 13.2 Å². The van der Waals surface area contributed by atoms with Crippen LogP contribution in [0.4, 0.5) is 18.9 Å². The molecule has 0 aliphatic heterocycles. The van der Waals surface area contributed by atoms with E-state index in [9.17, 15) is 26.4 Å². The van der Waals surface area contributed by atoms with Gasteiger partial charge in [0.25, 0.3) is 0 Å². The van der Waals surface area contributed by atoms with Crippen LogP contribution in [-0.4, -0.2) is 33.2 Å². The lowest BCUT2D eigenvalue weighted by molar-refractivity contribution is -0.137. The molecule has 0 heterocycles. The Morgan fingerprint density at radius 3 is 2.37 bits per heavy atom. The molecular weight excluding hydrogens is 441 g/mol. The van der Waals surface area contributed by atoms with Crippen LogP contribution in [0.25, 0.3) is 0 Å². The van der Waals surface area contributed by atoms with Gasteiger partial charge >= 0.3 is 6.18 Å². The summed E-state index contributed by atoms with van der Waals surface area (Å²) in [6.45, 7) is 1.13. The molecule has 0 unspecified atom stereocenters. The van der Waals surface area contributed by atoms with E-state index in [4.69, 9.17) is 11.6 Å². The van der Waals surface area contributed by atoms with E-state index < -0.39 is 39.2 Å². The summed E-state index contributed by atoms with van der Waals surface area (Å²) >= 11 is 5.59. The van der Waals surface area contributed by atoms with Crippen LogP contribution < -0.4 is 9.62 Å². The van der Waals surface area contributed by atoms with Crippen LogP contribution >= 0.6 is 11.6 Å². The number of halogens is 4. The van der Waals surface area contributed by atoms with Crippen molar-refractivity contribution in [2.75, 3.05) is 17.1 Å². The second-order valence-corrected chi connectivity index (χ2v) is 9.24. The van der Waals surface area contributed by atoms with Gasteiger partial charge in [-0.3, -0.25) is 9.10 Å². The second-order valence-electron chi connectivity index (χ2n) is 6.92. The minimum atomic E-state index is -4.76. The molecule has 0 saturated carbocycles. The number of carbonyl (C=O) groups excluding carboxylic acids is 1. The number of alkyl halides is 3. The molecule has 5 nitrogen and oxygen atoms in total. The molecule has 1 atom stereocenters. The average Bonchev–Trinajstić information content (AvgIpc) is 2.64. The Labute approximate surface area is 178 Å². The molecule has 2 aromatic rings. The van der Waals surface area contributed by atoms with Crippen LogP contribution in [-0.2, 0) is 27.4 Å². The topological polar surface area (TPSA) is 66.5 Å². The van der Waals surface area contributed by atoms with Crippen LogP contribution in [0.2, 0.25) is 5.02 Å². The summed E-state index contributed by atoms with van der Waals surface area (Å²) in [7, 11) is -4.02. The zero-order chi connectivity index (χ0) is 22.5. The van der Waals surface area contributed by atoms with E-state index in [1.807, 2.05) is 30.3 Å². The van der Waals surface area contributed by atoms with Gasteiger partial charge in [-0.25, -0.2) is 8.42 Å². The van der Waals surface area contributed by atoms with Crippen molar-refractivity contribution >= 4 is 33.2 Å². The molecule has 0 aliphatic carbocycles. The Hall–Kier alpha value is -2.26. The number of sulfonamides is 1. The molecular formula is C20H22ClF3N2O3S. The maximum absolute atomic E-state index is 13.1. The number of rotatable bonds is 8. The molecule has 0 radical (unpaired) electrons. The minimum absolute atomic E-state index is 0.255. The van der Waals surface area contributed by atoms with Crippen LogP contribution in [0.5, 0.6) is 0 Å². The molecule has 2 aromatic carbocycles. The zero-order valence-electron chi connectivity index (χ0n) is 16.4. The third kappa shape index (κ3) is 6.91. The summed E-state index contributed by atoms with van der Waals surface area (Å²) in [5.41, 5.74) is -0.370. The molecule has 0 aliphatic rings. The van der Waals surface area contributed by atoms with Crippen LogP contribution in [0.1, 0.15) is 24.5 Å². The third-order valence-electron chi connectivity index (χ3n) is 4.35. The number of aryl methyl sites for hydroxylation is 1. The maximum Gasteiger partial charge on any atom is 0.417 e. The largest absolute Gasteiger partial charge is 0.417 e. The standard InChI is InChI=1S/C20H22ClF3N2O3S/c1-14(8-9-15-6-4-3-5-7-15)25-19(27)13-26(30(2,28)29)16-10-11-18(21)17(12-16)20(22,23)24/h3-7,10-12,14H,8-9,13H2,1-2H3,(H,25,27)/t14-/m1/s1. The fourth-order valence-electron chi connectivity index (χ4n) is 2.84. The van der Waals surface area contributed by atoms with Crippen LogP contribution in [0.15, 0.2) is 48.5 Å². The van der Waals surface area contributed by atoms with Gasteiger partial charge in [-0.1, -0.05) is 41.9 Å². The number of carbonyl (C=O) groups is 1. The van der Waals surface area contributed by atoms with E-state index >= 15 is 0 Å². The lowest BCUT2D eigenvalue weighted by Gasteiger charge is -2.24. The predicted molar refractivity (Wildman–Crippen MR) is 111 cm³/mol. The highest BCUT2D eigenvalue weighted by Gasteiger charge is 2.34. The molecule has 0 spiro atoms. The first-order valence-corrected chi connectivity index (χ1v) is 11.3. The fraction of sp³-hybridized carbons (Fsp3) is 0.350. The van der Waals surface area contributed by atoms with Gasteiger partial charge in [0.15, 0.2) is 0 Å². The summed E-state index contributed by atoms with van der Waals surface area (Å²) in [6, 6.07) is 12.1. The number of nitrogens with one attached hydrogen (secondary N) is 1. The number of nitrogens with zero attached hydrogens (tertiary/aromatic N) is 1. The average molecular weight is 463 g/mol. The highest BCUT2D eigenvalue weighted by molar-refractivity contribution is 7.92. The lowest BCUT2D eigenvalue weighted by Crippen LogP contribution is -2.43. The quantitative estimate of drug-likeness (QED) is 0.637. The first-order valence-electron chi connectivity index (χ1n) is 9.05. The molecule has 0 saturated heterocycles. The van der Waals surface area contributed by atoms with E-state index in [2.05, 4.69) is 5.32 Å². The molecule has 164 valence electrons. The van der Waals surface area contributed by atoms with Crippen molar-refractivity contribution in [3.63, 3.8) is 0 Å². The SMILES string of the molecule is C[C@H](CCc1ccccc1)NC(=O)CN(c1ccc(Cl)c(C(F)(F)F)c1)S(C)(=O)=O. The molecule has 30 heavy (non-hydrogen) atoms. The Balaban J connectivity index is 2.11. The van der Waals surface area contributed by atoms with Gasteiger partial charge in [0.1, 0.15) is 6.54 Å².